The van der Waals surface area contributed by atoms with Crippen molar-refractivity contribution in [1.82, 2.24) is 5.43 Å². The summed E-state index contributed by atoms with van der Waals surface area (Å²) in [6.07, 6.45) is 3.51. The molecule has 1 aromatic rings. The first-order valence-electron chi connectivity index (χ1n) is 9.37. The van der Waals surface area contributed by atoms with Crippen molar-refractivity contribution >= 4 is 11.6 Å². The van der Waals surface area contributed by atoms with E-state index in [2.05, 4.69) is 50.4 Å². The Morgan fingerprint density at radius 2 is 2.12 bits per heavy atom. The summed E-state index contributed by atoms with van der Waals surface area (Å²) in [5, 5.41) is 4.43. The van der Waals surface area contributed by atoms with Gasteiger partial charge in [0.05, 0.1) is 0 Å². The maximum Gasteiger partial charge on any atom is 0.277 e. The summed E-state index contributed by atoms with van der Waals surface area (Å²) in [5.41, 5.74) is 6.45. The van der Waals surface area contributed by atoms with Crippen molar-refractivity contribution in [2.45, 2.75) is 59.8 Å². The van der Waals surface area contributed by atoms with Gasteiger partial charge in [0.1, 0.15) is 5.75 Å². The van der Waals surface area contributed by atoms with Gasteiger partial charge in [-0.1, -0.05) is 39.8 Å². The third-order valence-corrected chi connectivity index (χ3v) is 6.09. The summed E-state index contributed by atoms with van der Waals surface area (Å²) in [6.45, 7) is 10.9. The number of hydrogen-bond donors (Lipinski definition) is 1. The summed E-state index contributed by atoms with van der Waals surface area (Å²) < 4.78 is 5.78. The average Bonchev–Trinajstić information content (AvgIpc) is 2.98. The number of fused-ring (bicyclic) bond motifs is 2. The molecular weight excluding hydrogens is 312 g/mol. The van der Waals surface area contributed by atoms with Gasteiger partial charge in [-0.25, -0.2) is 5.43 Å². The minimum Gasteiger partial charge on any atom is -0.483 e. The smallest absolute Gasteiger partial charge is 0.277 e. The Hall–Kier alpha value is -1.84. The van der Waals surface area contributed by atoms with E-state index in [4.69, 9.17) is 4.74 Å². The van der Waals surface area contributed by atoms with Crippen molar-refractivity contribution in [1.29, 1.82) is 0 Å². The lowest BCUT2D eigenvalue weighted by Gasteiger charge is -2.22. The highest BCUT2D eigenvalue weighted by Gasteiger charge is 2.51. The molecule has 2 fully saturated rings. The van der Waals surface area contributed by atoms with Gasteiger partial charge in [0.15, 0.2) is 6.61 Å². The molecule has 2 aliphatic rings. The van der Waals surface area contributed by atoms with Crippen LogP contribution in [0.2, 0.25) is 0 Å². The third kappa shape index (κ3) is 3.58. The van der Waals surface area contributed by atoms with Gasteiger partial charge >= 0.3 is 0 Å². The standard InChI is InChI=1S/C21H30N2O2/c1-13(2)16-8-6-14(3)10-19(16)25-12-20(24)23-22-18-11-15-7-9-17(18)21(15,4)5/h6,8,10,13,15,17H,7,9,11-12H2,1-5H3,(H,23,24)/b22-18-/t15-,17-/m1/s1. The van der Waals surface area contributed by atoms with E-state index in [1.807, 2.05) is 13.0 Å². The van der Waals surface area contributed by atoms with Crippen LogP contribution in [0.5, 0.6) is 5.75 Å². The second kappa shape index (κ2) is 6.81. The van der Waals surface area contributed by atoms with Crippen LogP contribution < -0.4 is 10.2 Å². The number of nitrogens with zero attached hydrogens (tertiary/aromatic N) is 1. The Labute approximate surface area is 151 Å². The quantitative estimate of drug-likeness (QED) is 0.805. The zero-order chi connectivity index (χ0) is 18.2. The van der Waals surface area contributed by atoms with E-state index in [-0.39, 0.29) is 12.5 Å². The first kappa shape index (κ1) is 18.0. The Balaban J connectivity index is 1.58. The molecule has 0 aliphatic heterocycles. The Morgan fingerprint density at radius 1 is 1.36 bits per heavy atom. The van der Waals surface area contributed by atoms with Crippen LogP contribution in [0.3, 0.4) is 0 Å². The Kier molecular flexibility index (Phi) is 4.90. The fraction of sp³-hybridized carbons (Fsp3) is 0.619. The first-order valence-corrected chi connectivity index (χ1v) is 9.37. The summed E-state index contributed by atoms with van der Waals surface area (Å²) in [4.78, 5) is 12.2. The molecule has 2 saturated carbocycles. The largest absolute Gasteiger partial charge is 0.483 e. The van der Waals surface area contributed by atoms with Crippen molar-refractivity contribution in [3.8, 4) is 5.75 Å². The highest BCUT2D eigenvalue weighted by atomic mass is 16.5. The first-order chi connectivity index (χ1) is 11.8. The molecule has 1 N–H and O–H groups in total. The normalized spacial score (nSPS) is 25.6. The van der Waals surface area contributed by atoms with Crippen LogP contribution >= 0.6 is 0 Å². The Bertz CT molecular complexity index is 691. The molecule has 0 unspecified atom stereocenters. The minimum absolute atomic E-state index is 0.00254. The molecule has 3 rings (SSSR count). The Morgan fingerprint density at radius 3 is 2.72 bits per heavy atom. The van der Waals surface area contributed by atoms with Crippen LogP contribution in [0, 0.1) is 24.2 Å². The van der Waals surface area contributed by atoms with Gasteiger partial charge in [-0.15, -0.1) is 0 Å². The number of carbonyl (C=O) groups is 1. The number of benzene rings is 1. The van der Waals surface area contributed by atoms with Gasteiger partial charge < -0.3 is 4.74 Å². The molecule has 4 heteroatoms. The van der Waals surface area contributed by atoms with E-state index < -0.39 is 0 Å². The third-order valence-electron chi connectivity index (χ3n) is 6.09. The molecule has 0 radical (unpaired) electrons. The van der Waals surface area contributed by atoms with E-state index in [0.717, 1.165) is 29.0 Å². The predicted molar refractivity (Wildman–Crippen MR) is 101 cm³/mol. The number of hydrogen-bond acceptors (Lipinski definition) is 3. The van der Waals surface area contributed by atoms with Crippen molar-refractivity contribution < 1.29 is 9.53 Å². The van der Waals surface area contributed by atoms with Gasteiger partial charge in [0.25, 0.3) is 5.91 Å². The van der Waals surface area contributed by atoms with Gasteiger partial charge in [0, 0.05) is 11.6 Å². The van der Waals surface area contributed by atoms with E-state index in [9.17, 15) is 4.79 Å². The van der Waals surface area contributed by atoms with Crippen LogP contribution in [0.1, 0.15) is 64.0 Å². The van der Waals surface area contributed by atoms with Crippen LogP contribution in [0.25, 0.3) is 0 Å². The highest BCUT2D eigenvalue weighted by molar-refractivity contribution is 5.92. The van der Waals surface area contributed by atoms with Gasteiger partial charge in [-0.2, -0.15) is 5.10 Å². The van der Waals surface area contributed by atoms with Crippen molar-refractivity contribution in [3.05, 3.63) is 29.3 Å². The number of carbonyl (C=O) groups excluding carboxylic acids is 1. The molecule has 2 aliphatic carbocycles. The molecule has 25 heavy (non-hydrogen) atoms. The van der Waals surface area contributed by atoms with Crippen molar-refractivity contribution in [2.75, 3.05) is 6.61 Å². The van der Waals surface area contributed by atoms with Crippen molar-refractivity contribution in [3.63, 3.8) is 0 Å². The van der Waals surface area contributed by atoms with Crippen molar-refractivity contribution in [2.24, 2.45) is 22.4 Å². The minimum atomic E-state index is -0.190. The molecule has 0 saturated heterocycles. The predicted octanol–water partition coefficient (Wildman–Crippen LogP) is 4.43. The lowest BCUT2D eigenvalue weighted by atomic mass is 9.82. The van der Waals surface area contributed by atoms with Gasteiger partial charge in [-0.3, -0.25) is 4.79 Å². The van der Waals surface area contributed by atoms with E-state index in [1.165, 1.54) is 12.8 Å². The maximum atomic E-state index is 12.2. The zero-order valence-corrected chi connectivity index (χ0v) is 16.1. The highest BCUT2D eigenvalue weighted by Crippen LogP contribution is 2.55. The van der Waals surface area contributed by atoms with Gasteiger partial charge in [-0.05, 0) is 60.6 Å². The maximum absolute atomic E-state index is 12.2. The number of hydrazone groups is 1. The van der Waals surface area contributed by atoms with E-state index >= 15 is 0 Å². The number of rotatable bonds is 5. The second-order valence-corrected chi connectivity index (χ2v) is 8.48. The van der Waals surface area contributed by atoms with Crippen LogP contribution in [-0.2, 0) is 4.79 Å². The zero-order valence-electron chi connectivity index (χ0n) is 16.1. The molecule has 0 heterocycles. The summed E-state index contributed by atoms with van der Waals surface area (Å²) in [5.74, 6) is 2.19. The number of nitrogens with one attached hydrogen (secondary N) is 1. The van der Waals surface area contributed by atoms with Crippen LogP contribution in [0.15, 0.2) is 23.3 Å². The molecule has 1 amide bonds. The molecule has 2 bridgehead atoms. The van der Waals surface area contributed by atoms with E-state index in [1.54, 1.807) is 0 Å². The molecule has 0 aromatic heterocycles. The monoisotopic (exact) mass is 342 g/mol. The number of amides is 1. The molecule has 2 atom stereocenters. The summed E-state index contributed by atoms with van der Waals surface area (Å²) >= 11 is 0. The number of aryl methyl sites for hydroxylation is 1. The summed E-state index contributed by atoms with van der Waals surface area (Å²) in [7, 11) is 0. The fourth-order valence-corrected chi connectivity index (χ4v) is 4.43. The lowest BCUT2D eigenvalue weighted by molar-refractivity contribution is -0.123. The molecule has 4 nitrogen and oxygen atoms in total. The van der Waals surface area contributed by atoms with E-state index in [0.29, 0.717) is 23.2 Å². The SMILES string of the molecule is Cc1ccc(C(C)C)c(OCC(=O)N/N=C2/C[C@H]3CC[C@H]2C3(C)C)c1. The van der Waals surface area contributed by atoms with Crippen LogP contribution in [0.4, 0.5) is 0 Å². The molecular formula is C21H30N2O2. The fourth-order valence-electron chi connectivity index (χ4n) is 4.43. The van der Waals surface area contributed by atoms with Gasteiger partial charge in [0.2, 0.25) is 0 Å². The van der Waals surface area contributed by atoms with Crippen LogP contribution in [-0.4, -0.2) is 18.2 Å². The molecule has 0 spiro atoms. The number of ether oxygens (including phenoxy) is 1. The average molecular weight is 342 g/mol. The lowest BCUT2D eigenvalue weighted by Crippen LogP contribution is -2.28. The molecule has 136 valence electrons. The molecule has 1 aromatic carbocycles. The second-order valence-electron chi connectivity index (χ2n) is 8.48. The topological polar surface area (TPSA) is 50.7 Å². The summed E-state index contributed by atoms with van der Waals surface area (Å²) in [6, 6.07) is 6.14.